The number of hydrogen-bond donors (Lipinski definition) is 1. The molecule has 0 aromatic heterocycles. The van der Waals surface area contributed by atoms with E-state index in [-0.39, 0.29) is 0 Å². The van der Waals surface area contributed by atoms with Gasteiger partial charge in [0.2, 0.25) is 0 Å². The lowest BCUT2D eigenvalue weighted by Crippen LogP contribution is -2.18. The molecular formula is C16H17Br2N. The Bertz CT molecular complexity index is 549. The van der Waals surface area contributed by atoms with Gasteiger partial charge < -0.3 is 5.32 Å². The van der Waals surface area contributed by atoms with E-state index in [1.165, 1.54) is 16.7 Å². The molecule has 0 radical (unpaired) electrons. The Morgan fingerprint density at radius 2 is 1.68 bits per heavy atom. The molecule has 0 amide bonds. The van der Waals surface area contributed by atoms with Crippen LogP contribution in [0.15, 0.2) is 51.4 Å². The molecule has 0 bridgehead atoms. The van der Waals surface area contributed by atoms with Gasteiger partial charge in [0, 0.05) is 21.5 Å². The van der Waals surface area contributed by atoms with Crippen LogP contribution in [0.3, 0.4) is 0 Å². The number of hydrogen-bond acceptors (Lipinski definition) is 1. The summed E-state index contributed by atoms with van der Waals surface area (Å²) in [5.41, 5.74) is 3.89. The molecule has 0 fully saturated rings. The highest BCUT2D eigenvalue weighted by molar-refractivity contribution is 9.13. The van der Waals surface area contributed by atoms with E-state index in [9.17, 15) is 0 Å². The van der Waals surface area contributed by atoms with Crippen LogP contribution in [0.25, 0.3) is 0 Å². The van der Waals surface area contributed by atoms with Gasteiger partial charge in [-0.3, -0.25) is 0 Å². The van der Waals surface area contributed by atoms with Crippen LogP contribution in [0.4, 0.5) is 0 Å². The second-order valence-electron chi connectivity index (χ2n) is 4.76. The van der Waals surface area contributed by atoms with Gasteiger partial charge in [-0.1, -0.05) is 35.9 Å². The number of nitrogens with one attached hydrogen (secondary N) is 1. The first-order valence-corrected chi connectivity index (χ1v) is 7.89. The lowest BCUT2D eigenvalue weighted by Gasteiger charge is -2.15. The van der Waals surface area contributed by atoms with E-state index in [1.54, 1.807) is 0 Å². The maximum absolute atomic E-state index is 3.55. The number of aryl methyl sites for hydroxylation is 1. The molecule has 0 spiro atoms. The van der Waals surface area contributed by atoms with Crippen LogP contribution in [-0.2, 0) is 6.54 Å². The van der Waals surface area contributed by atoms with Crippen LogP contribution >= 0.6 is 31.9 Å². The summed E-state index contributed by atoms with van der Waals surface area (Å²) in [7, 11) is 0. The molecule has 1 nitrogen and oxygen atoms in total. The second kappa shape index (κ2) is 6.69. The van der Waals surface area contributed by atoms with Crippen LogP contribution in [0.5, 0.6) is 0 Å². The molecule has 2 rings (SSSR count). The third kappa shape index (κ3) is 4.16. The van der Waals surface area contributed by atoms with Gasteiger partial charge in [-0.15, -0.1) is 0 Å². The summed E-state index contributed by atoms with van der Waals surface area (Å²) in [5.74, 6) is 0. The molecule has 0 heterocycles. The van der Waals surface area contributed by atoms with E-state index in [1.807, 2.05) is 0 Å². The van der Waals surface area contributed by atoms with Crippen molar-refractivity contribution in [1.29, 1.82) is 0 Å². The van der Waals surface area contributed by atoms with Gasteiger partial charge in [0.05, 0.1) is 0 Å². The van der Waals surface area contributed by atoms with E-state index < -0.39 is 0 Å². The molecule has 3 heteroatoms. The standard InChI is InChI=1S/C16H17Br2N/c1-11-3-6-14(7-4-11)12(2)19-10-13-5-8-15(17)16(18)9-13/h3-9,12,19H,10H2,1-2H3/t12-/m1/s1. The van der Waals surface area contributed by atoms with Crippen molar-refractivity contribution in [2.75, 3.05) is 0 Å². The average Bonchev–Trinajstić information content (AvgIpc) is 2.40. The minimum absolute atomic E-state index is 0.350. The summed E-state index contributed by atoms with van der Waals surface area (Å²) in [6, 6.07) is 15.4. The molecule has 2 aromatic carbocycles. The monoisotopic (exact) mass is 381 g/mol. The maximum atomic E-state index is 3.55. The molecule has 0 saturated carbocycles. The molecular weight excluding hydrogens is 366 g/mol. The van der Waals surface area contributed by atoms with Crippen molar-refractivity contribution in [2.24, 2.45) is 0 Å². The molecule has 100 valence electrons. The average molecular weight is 383 g/mol. The van der Waals surface area contributed by atoms with E-state index in [0.717, 1.165) is 15.5 Å². The lowest BCUT2D eigenvalue weighted by atomic mass is 10.1. The zero-order chi connectivity index (χ0) is 13.8. The fourth-order valence-corrected chi connectivity index (χ4v) is 2.57. The smallest absolute Gasteiger partial charge is 0.0320 e. The van der Waals surface area contributed by atoms with Gasteiger partial charge in [0.1, 0.15) is 0 Å². The maximum Gasteiger partial charge on any atom is 0.0320 e. The van der Waals surface area contributed by atoms with Crippen LogP contribution in [-0.4, -0.2) is 0 Å². The van der Waals surface area contributed by atoms with Gasteiger partial charge in [-0.2, -0.15) is 0 Å². The zero-order valence-corrected chi connectivity index (χ0v) is 14.3. The minimum Gasteiger partial charge on any atom is -0.306 e. The number of benzene rings is 2. The predicted molar refractivity (Wildman–Crippen MR) is 88.3 cm³/mol. The lowest BCUT2D eigenvalue weighted by molar-refractivity contribution is 0.574. The van der Waals surface area contributed by atoms with Crippen molar-refractivity contribution < 1.29 is 0 Å². The van der Waals surface area contributed by atoms with Gasteiger partial charge >= 0.3 is 0 Å². The summed E-state index contributed by atoms with van der Waals surface area (Å²) in [6.07, 6.45) is 0. The van der Waals surface area contributed by atoms with Crippen LogP contribution in [0.2, 0.25) is 0 Å². The molecule has 19 heavy (non-hydrogen) atoms. The highest BCUT2D eigenvalue weighted by atomic mass is 79.9. The van der Waals surface area contributed by atoms with Crippen molar-refractivity contribution in [1.82, 2.24) is 5.32 Å². The molecule has 1 atom stereocenters. The second-order valence-corrected chi connectivity index (χ2v) is 6.47. The van der Waals surface area contributed by atoms with E-state index >= 15 is 0 Å². The third-order valence-corrected chi connectivity index (χ3v) is 5.05. The Balaban J connectivity index is 1.98. The highest BCUT2D eigenvalue weighted by Crippen LogP contribution is 2.24. The normalized spacial score (nSPS) is 12.4. The topological polar surface area (TPSA) is 12.0 Å². The summed E-state index contributed by atoms with van der Waals surface area (Å²) >= 11 is 7.02. The Labute approximate surface area is 131 Å². The van der Waals surface area contributed by atoms with Crippen molar-refractivity contribution in [3.8, 4) is 0 Å². The first kappa shape index (κ1) is 14.8. The predicted octanol–water partition coefficient (Wildman–Crippen LogP) is 5.37. The highest BCUT2D eigenvalue weighted by Gasteiger charge is 2.05. The molecule has 2 aromatic rings. The molecule has 0 aliphatic carbocycles. The first-order valence-electron chi connectivity index (χ1n) is 6.30. The van der Waals surface area contributed by atoms with Crippen LogP contribution in [0.1, 0.15) is 29.7 Å². The Morgan fingerprint density at radius 3 is 2.32 bits per heavy atom. The molecule has 0 unspecified atom stereocenters. The van der Waals surface area contributed by atoms with Gasteiger partial charge in [-0.25, -0.2) is 0 Å². The van der Waals surface area contributed by atoms with E-state index in [0.29, 0.717) is 6.04 Å². The Hall–Kier alpha value is -0.640. The fraction of sp³-hybridized carbons (Fsp3) is 0.250. The molecule has 0 aliphatic heterocycles. The van der Waals surface area contributed by atoms with Crippen LogP contribution < -0.4 is 5.32 Å². The van der Waals surface area contributed by atoms with Crippen molar-refractivity contribution in [3.63, 3.8) is 0 Å². The van der Waals surface area contributed by atoms with Gasteiger partial charge in [0.25, 0.3) is 0 Å². The van der Waals surface area contributed by atoms with Crippen LogP contribution in [0, 0.1) is 6.92 Å². The Kier molecular flexibility index (Phi) is 5.20. The quantitative estimate of drug-likeness (QED) is 0.749. The summed E-state index contributed by atoms with van der Waals surface area (Å²) in [4.78, 5) is 0. The SMILES string of the molecule is Cc1ccc([C@@H](C)NCc2ccc(Br)c(Br)c2)cc1. The Morgan fingerprint density at radius 1 is 1.00 bits per heavy atom. The molecule has 0 saturated heterocycles. The number of halogens is 2. The third-order valence-electron chi connectivity index (χ3n) is 3.17. The fourth-order valence-electron chi connectivity index (χ4n) is 1.89. The van der Waals surface area contributed by atoms with Crippen molar-refractivity contribution in [2.45, 2.75) is 26.4 Å². The van der Waals surface area contributed by atoms with E-state index in [2.05, 4.69) is 93.5 Å². The summed E-state index contributed by atoms with van der Waals surface area (Å²) < 4.78 is 2.18. The van der Waals surface area contributed by atoms with Gasteiger partial charge in [-0.05, 0) is 69.0 Å². The summed E-state index contributed by atoms with van der Waals surface area (Å²) in [6.45, 7) is 5.17. The molecule has 1 N–H and O–H groups in total. The van der Waals surface area contributed by atoms with Crippen molar-refractivity contribution in [3.05, 3.63) is 68.1 Å². The number of rotatable bonds is 4. The molecule has 0 aliphatic rings. The zero-order valence-electron chi connectivity index (χ0n) is 11.1. The minimum atomic E-state index is 0.350. The largest absolute Gasteiger partial charge is 0.306 e. The summed E-state index contributed by atoms with van der Waals surface area (Å²) in [5, 5.41) is 3.55. The first-order chi connectivity index (χ1) is 9.06. The van der Waals surface area contributed by atoms with E-state index in [4.69, 9.17) is 0 Å². The van der Waals surface area contributed by atoms with Gasteiger partial charge in [0.15, 0.2) is 0 Å². The van der Waals surface area contributed by atoms with Crippen molar-refractivity contribution >= 4 is 31.9 Å².